The molecule has 1 aromatic heterocycles. The Balaban J connectivity index is 2.28. The van der Waals surface area contributed by atoms with Crippen LogP contribution in [-0.4, -0.2) is 24.7 Å². The fourth-order valence-electron chi connectivity index (χ4n) is 1.38. The highest BCUT2D eigenvalue weighted by molar-refractivity contribution is 4.94. The number of hydrogen-bond donors (Lipinski definition) is 1. The summed E-state index contributed by atoms with van der Waals surface area (Å²) in [6.07, 6.45) is 5.06. The van der Waals surface area contributed by atoms with Crippen LogP contribution in [0.2, 0.25) is 0 Å². The standard InChI is InChI=1S/C12H22N2O2/c1-4-7-13-9-12-14-8-11(16-12)6-5-10(2)15-3/h8,10,13H,4-7,9H2,1-3H3. The molecule has 1 N–H and O–H groups in total. The molecule has 1 aromatic rings. The highest BCUT2D eigenvalue weighted by Gasteiger charge is 2.06. The third-order valence-electron chi connectivity index (χ3n) is 2.50. The van der Waals surface area contributed by atoms with Gasteiger partial charge in [-0.1, -0.05) is 6.92 Å². The van der Waals surface area contributed by atoms with Gasteiger partial charge in [0.15, 0.2) is 0 Å². The quantitative estimate of drug-likeness (QED) is 0.690. The Kier molecular flexibility index (Phi) is 6.11. The summed E-state index contributed by atoms with van der Waals surface area (Å²) in [4.78, 5) is 4.22. The molecule has 0 aliphatic rings. The first-order valence-electron chi connectivity index (χ1n) is 5.93. The highest BCUT2D eigenvalue weighted by Crippen LogP contribution is 2.08. The summed E-state index contributed by atoms with van der Waals surface area (Å²) >= 11 is 0. The smallest absolute Gasteiger partial charge is 0.208 e. The maximum absolute atomic E-state index is 5.60. The number of methoxy groups -OCH3 is 1. The second kappa shape index (κ2) is 7.41. The normalized spacial score (nSPS) is 12.9. The predicted octanol–water partition coefficient (Wildman–Crippen LogP) is 2.14. The molecule has 4 nitrogen and oxygen atoms in total. The number of aromatic nitrogens is 1. The van der Waals surface area contributed by atoms with Crippen LogP contribution in [-0.2, 0) is 17.7 Å². The van der Waals surface area contributed by atoms with Crippen molar-refractivity contribution in [2.75, 3.05) is 13.7 Å². The number of hydrogen-bond acceptors (Lipinski definition) is 4. The summed E-state index contributed by atoms with van der Waals surface area (Å²) in [6.45, 7) is 5.91. The first-order chi connectivity index (χ1) is 7.76. The lowest BCUT2D eigenvalue weighted by Gasteiger charge is -2.06. The topological polar surface area (TPSA) is 47.3 Å². The van der Waals surface area contributed by atoms with Crippen LogP contribution >= 0.6 is 0 Å². The molecule has 0 saturated heterocycles. The van der Waals surface area contributed by atoms with E-state index in [1.807, 2.05) is 6.20 Å². The number of ether oxygens (including phenoxy) is 1. The molecule has 4 heteroatoms. The van der Waals surface area contributed by atoms with Gasteiger partial charge in [0.05, 0.1) is 18.8 Å². The molecule has 0 aliphatic carbocycles. The van der Waals surface area contributed by atoms with Crippen LogP contribution in [0.1, 0.15) is 38.3 Å². The molecule has 1 heterocycles. The summed E-state index contributed by atoms with van der Waals surface area (Å²) in [5, 5.41) is 3.26. The van der Waals surface area contributed by atoms with Crippen LogP contribution in [0.3, 0.4) is 0 Å². The Bertz CT molecular complexity index is 286. The Morgan fingerprint density at radius 3 is 3.06 bits per heavy atom. The van der Waals surface area contributed by atoms with Crippen LogP contribution in [0.15, 0.2) is 10.6 Å². The van der Waals surface area contributed by atoms with Crippen LogP contribution in [0.4, 0.5) is 0 Å². The lowest BCUT2D eigenvalue weighted by molar-refractivity contribution is 0.110. The molecule has 0 amide bonds. The van der Waals surface area contributed by atoms with Gasteiger partial charge in [0.25, 0.3) is 0 Å². The van der Waals surface area contributed by atoms with Gasteiger partial charge in [0, 0.05) is 13.5 Å². The van der Waals surface area contributed by atoms with E-state index >= 15 is 0 Å². The Labute approximate surface area is 97.4 Å². The minimum atomic E-state index is 0.270. The number of oxazole rings is 1. The van der Waals surface area contributed by atoms with E-state index in [1.54, 1.807) is 7.11 Å². The van der Waals surface area contributed by atoms with Gasteiger partial charge in [0.1, 0.15) is 5.76 Å². The summed E-state index contributed by atoms with van der Waals surface area (Å²) in [5.74, 6) is 1.71. The zero-order valence-electron chi connectivity index (χ0n) is 10.5. The van der Waals surface area contributed by atoms with E-state index in [0.29, 0.717) is 6.54 Å². The van der Waals surface area contributed by atoms with Crippen molar-refractivity contribution in [1.82, 2.24) is 10.3 Å². The monoisotopic (exact) mass is 226 g/mol. The lowest BCUT2D eigenvalue weighted by atomic mass is 10.2. The molecule has 1 atom stereocenters. The Morgan fingerprint density at radius 1 is 1.56 bits per heavy atom. The third-order valence-corrected chi connectivity index (χ3v) is 2.50. The third kappa shape index (κ3) is 4.77. The average Bonchev–Trinajstić information content (AvgIpc) is 2.74. The van der Waals surface area contributed by atoms with Gasteiger partial charge >= 0.3 is 0 Å². The van der Waals surface area contributed by atoms with E-state index in [2.05, 4.69) is 24.1 Å². The number of rotatable bonds is 8. The molecule has 0 spiro atoms. The van der Waals surface area contributed by atoms with E-state index in [9.17, 15) is 0 Å². The summed E-state index contributed by atoms with van der Waals surface area (Å²) in [5.41, 5.74) is 0. The first-order valence-corrected chi connectivity index (χ1v) is 5.93. The second-order valence-corrected chi connectivity index (χ2v) is 3.98. The van der Waals surface area contributed by atoms with Gasteiger partial charge in [-0.2, -0.15) is 0 Å². The lowest BCUT2D eigenvalue weighted by Crippen LogP contribution is -2.13. The minimum absolute atomic E-state index is 0.270. The van der Waals surface area contributed by atoms with Crippen molar-refractivity contribution in [3.8, 4) is 0 Å². The molecule has 16 heavy (non-hydrogen) atoms. The largest absolute Gasteiger partial charge is 0.444 e. The summed E-state index contributed by atoms with van der Waals surface area (Å²) in [7, 11) is 1.73. The van der Waals surface area contributed by atoms with E-state index in [4.69, 9.17) is 9.15 Å². The molecule has 1 unspecified atom stereocenters. The van der Waals surface area contributed by atoms with Crippen molar-refractivity contribution < 1.29 is 9.15 Å². The fraction of sp³-hybridized carbons (Fsp3) is 0.750. The van der Waals surface area contributed by atoms with Gasteiger partial charge in [-0.25, -0.2) is 4.98 Å². The summed E-state index contributed by atoms with van der Waals surface area (Å²) in [6, 6.07) is 0. The van der Waals surface area contributed by atoms with Gasteiger partial charge < -0.3 is 14.5 Å². The first kappa shape index (κ1) is 13.2. The van der Waals surface area contributed by atoms with Gasteiger partial charge in [-0.15, -0.1) is 0 Å². The van der Waals surface area contributed by atoms with E-state index in [-0.39, 0.29) is 6.10 Å². The maximum atomic E-state index is 5.60. The van der Waals surface area contributed by atoms with Crippen molar-refractivity contribution in [2.45, 2.75) is 45.8 Å². The van der Waals surface area contributed by atoms with Crippen LogP contribution < -0.4 is 5.32 Å². The minimum Gasteiger partial charge on any atom is -0.444 e. The maximum Gasteiger partial charge on any atom is 0.208 e. The predicted molar refractivity (Wildman–Crippen MR) is 63.3 cm³/mol. The second-order valence-electron chi connectivity index (χ2n) is 3.98. The van der Waals surface area contributed by atoms with Crippen LogP contribution in [0.5, 0.6) is 0 Å². The van der Waals surface area contributed by atoms with Crippen molar-refractivity contribution in [1.29, 1.82) is 0 Å². The van der Waals surface area contributed by atoms with Crippen molar-refractivity contribution in [3.05, 3.63) is 17.8 Å². The van der Waals surface area contributed by atoms with E-state index in [0.717, 1.165) is 37.5 Å². The van der Waals surface area contributed by atoms with Crippen LogP contribution in [0.25, 0.3) is 0 Å². The van der Waals surface area contributed by atoms with E-state index < -0.39 is 0 Å². The molecular formula is C12H22N2O2. The molecule has 0 aromatic carbocycles. The van der Waals surface area contributed by atoms with Crippen molar-refractivity contribution in [3.63, 3.8) is 0 Å². The zero-order chi connectivity index (χ0) is 11.8. The molecular weight excluding hydrogens is 204 g/mol. The number of nitrogens with one attached hydrogen (secondary N) is 1. The SMILES string of the molecule is CCCNCc1ncc(CCC(C)OC)o1. The van der Waals surface area contributed by atoms with E-state index in [1.165, 1.54) is 0 Å². The zero-order valence-corrected chi connectivity index (χ0v) is 10.5. The highest BCUT2D eigenvalue weighted by atomic mass is 16.5. The van der Waals surface area contributed by atoms with Gasteiger partial charge in [-0.05, 0) is 26.3 Å². The number of nitrogens with zero attached hydrogens (tertiary/aromatic N) is 1. The molecule has 0 radical (unpaired) electrons. The summed E-state index contributed by atoms with van der Waals surface area (Å²) < 4.78 is 10.8. The van der Waals surface area contributed by atoms with Crippen molar-refractivity contribution in [2.24, 2.45) is 0 Å². The molecule has 92 valence electrons. The molecule has 0 saturated carbocycles. The number of aryl methyl sites for hydroxylation is 1. The molecule has 0 aliphatic heterocycles. The molecule has 1 rings (SSSR count). The van der Waals surface area contributed by atoms with Gasteiger partial charge in [0.2, 0.25) is 5.89 Å². The average molecular weight is 226 g/mol. The van der Waals surface area contributed by atoms with Crippen molar-refractivity contribution >= 4 is 0 Å². The Hall–Kier alpha value is -0.870. The molecule has 0 bridgehead atoms. The Morgan fingerprint density at radius 2 is 2.38 bits per heavy atom. The van der Waals surface area contributed by atoms with Gasteiger partial charge in [-0.3, -0.25) is 0 Å². The molecule has 0 fully saturated rings. The fourth-order valence-corrected chi connectivity index (χ4v) is 1.38. The van der Waals surface area contributed by atoms with Crippen LogP contribution in [0, 0.1) is 0 Å².